The number of aryl methyl sites for hydroxylation is 1. The quantitative estimate of drug-likeness (QED) is 0.718. The van der Waals surface area contributed by atoms with Crippen molar-refractivity contribution in [2.45, 2.75) is 6.42 Å². The Balaban J connectivity index is 2.24. The van der Waals surface area contributed by atoms with E-state index in [0.717, 1.165) is 16.8 Å². The highest BCUT2D eigenvalue weighted by Crippen LogP contribution is 2.38. The molecule has 0 aliphatic carbocycles. The van der Waals surface area contributed by atoms with Crippen LogP contribution in [0.4, 0.5) is 5.13 Å². The smallest absolute Gasteiger partial charge is 0.257 e. The van der Waals surface area contributed by atoms with Gasteiger partial charge in [-0.25, -0.2) is 0 Å². The Hall–Kier alpha value is -1.87. The normalized spacial score (nSPS) is 10.3. The van der Waals surface area contributed by atoms with Crippen LogP contribution in [0, 0.1) is 0 Å². The number of benzene rings is 1. The second-order valence-corrected chi connectivity index (χ2v) is 6.16. The number of anilines is 1. The molecule has 0 atom stereocenters. The van der Waals surface area contributed by atoms with Crippen molar-refractivity contribution in [3.63, 3.8) is 0 Å². The molecule has 0 aliphatic heterocycles. The number of hydrogen-bond acceptors (Lipinski definition) is 7. The van der Waals surface area contributed by atoms with Gasteiger partial charge in [0.05, 0.1) is 21.3 Å². The number of amides is 1. The molecule has 1 amide bonds. The first-order valence-corrected chi connectivity index (χ1v) is 8.56. The molecule has 124 valence electrons. The standard InChI is InChI=1S/C14H16BrN3O4S/c1-20-9-6-8(7-10(21-2)12(9)22-3)13(19)16-14-18-17-11(23-14)4-5-15/h6-7H,4-5H2,1-3H3,(H,16,18,19). The van der Waals surface area contributed by atoms with Crippen LogP contribution in [0.5, 0.6) is 17.2 Å². The minimum absolute atomic E-state index is 0.328. The Morgan fingerprint density at radius 1 is 1.17 bits per heavy atom. The molecule has 0 fully saturated rings. The van der Waals surface area contributed by atoms with E-state index in [4.69, 9.17) is 14.2 Å². The van der Waals surface area contributed by atoms with Crippen molar-refractivity contribution >= 4 is 38.3 Å². The van der Waals surface area contributed by atoms with E-state index in [1.165, 1.54) is 32.7 Å². The van der Waals surface area contributed by atoms with Crippen LogP contribution in [0.15, 0.2) is 12.1 Å². The van der Waals surface area contributed by atoms with Crippen LogP contribution < -0.4 is 19.5 Å². The minimum atomic E-state index is -0.328. The van der Waals surface area contributed by atoms with Gasteiger partial charge in [-0.2, -0.15) is 0 Å². The molecule has 0 saturated carbocycles. The Kier molecular flexibility index (Phi) is 6.17. The van der Waals surface area contributed by atoms with Crippen molar-refractivity contribution in [2.24, 2.45) is 0 Å². The summed E-state index contributed by atoms with van der Waals surface area (Å²) >= 11 is 4.68. The lowest BCUT2D eigenvalue weighted by molar-refractivity contribution is 0.102. The summed E-state index contributed by atoms with van der Waals surface area (Å²) in [5.74, 6) is 0.927. The summed E-state index contributed by atoms with van der Waals surface area (Å²) in [4.78, 5) is 12.4. The van der Waals surface area contributed by atoms with Crippen molar-refractivity contribution in [3.05, 3.63) is 22.7 Å². The largest absolute Gasteiger partial charge is 0.493 e. The van der Waals surface area contributed by atoms with Gasteiger partial charge in [0.15, 0.2) is 11.5 Å². The number of ether oxygens (including phenoxy) is 3. The van der Waals surface area contributed by atoms with E-state index in [-0.39, 0.29) is 5.91 Å². The van der Waals surface area contributed by atoms with Gasteiger partial charge in [-0.15, -0.1) is 10.2 Å². The van der Waals surface area contributed by atoms with Gasteiger partial charge in [-0.05, 0) is 12.1 Å². The first-order chi connectivity index (χ1) is 11.1. The molecule has 0 radical (unpaired) electrons. The third-order valence-corrected chi connectivity index (χ3v) is 4.22. The summed E-state index contributed by atoms with van der Waals surface area (Å²) in [6, 6.07) is 3.16. The van der Waals surface area contributed by atoms with Gasteiger partial charge in [-0.1, -0.05) is 27.3 Å². The fraction of sp³-hybridized carbons (Fsp3) is 0.357. The summed E-state index contributed by atoms with van der Waals surface area (Å²) in [7, 11) is 4.50. The molecule has 0 aliphatic rings. The van der Waals surface area contributed by atoms with Crippen LogP contribution in [0.25, 0.3) is 0 Å². The minimum Gasteiger partial charge on any atom is -0.493 e. The third kappa shape index (κ3) is 4.11. The van der Waals surface area contributed by atoms with Gasteiger partial charge in [0.1, 0.15) is 5.01 Å². The molecular formula is C14H16BrN3O4S. The number of rotatable bonds is 7. The number of hydrogen-bond donors (Lipinski definition) is 1. The lowest BCUT2D eigenvalue weighted by Gasteiger charge is -2.13. The zero-order valence-electron chi connectivity index (χ0n) is 12.9. The number of alkyl halides is 1. The molecule has 0 spiro atoms. The number of nitrogens with one attached hydrogen (secondary N) is 1. The highest BCUT2D eigenvalue weighted by Gasteiger charge is 2.18. The van der Waals surface area contributed by atoms with Crippen molar-refractivity contribution in [1.29, 1.82) is 0 Å². The van der Waals surface area contributed by atoms with E-state index in [0.29, 0.717) is 27.9 Å². The van der Waals surface area contributed by atoms with Crippen LogP contribution in [-0.4, -0.2) is 42.8 Å². The van der Waals surface area contributed by atoms with Gasteiger partial charge in [-0.3, -0.25) is 10.1 Å². The molecule has 1 aromatic carbocycles. The Labute approximate surface area is 146 Å². The molecule has 0 saturated heterocycles. The van der Waals surface area contributed by atoms with Gasteiger partial charge >= 0.3 is 0 Å². The van der Waals surface area contributed by atoms with E-state index >= 15 is 0 Å². The molecule has 0 unspecified atom stereocenters. The summed E-state index contributed by atoms with van der Waals surface area (Å²) in [5.41, 5.74) is 0.372. The van der Waals surface area contributed by atoms with Gasteiger partial charge < -0.3 is 14.2 Å². The van der Waals surface area contributed by atoms with E-state index in [9.17, 15) is 4.79 Å². The Morgan fingerprint density at radius 2 is 1.83 bits per heavy atom. The molecule has 1 aromatic heterocycles. The first kappa shape index (κ1) is 17.5. The summed E-state index contributed by atoms with van der Waals surface area (Å²) in [5, 5.41) is 12.8. The zero-order chi connectivity index (χ0) is 16.8. The average molecular weight is 402 g/mol. The number of nitrogens with zero attached hydrogens (tertiary/aromatic N) is 2. The van der Waals surface area contributed by atoms with Gasteiger partial charge in [0.25, 0.3) is 5.91 Å². The lowest BCUT2D eigenvalue weighted by Crippen LogP contribution is -2.12. The number of aromatic nitrogens is 2. The number of carbonyl (C=O) groups is 1. The molecule has 1 heterocycles. The maximum atomic E-state index is 12.4. The number of halogens is 1. The highest BCUT2D eigenvalue weighted by atomic mass is 79.9. The highest BCUT2D eigenvalue weighted by molar-refractivity contribution is 9.09. The summed E-state index contributed by atoms with van der Waals surface area (Å²) in [6.45, 7) is 0. The summed E-state index contributed by atoms with van der Waals surface area (Å²) < 4.78 is 15.7. The molecular weight excluding hydrogens is 386 g/mol. The number of methoxy groups -OCH3 is 3. The fourth-order valence-electron chi connectivity index (χ4n) is 1.87. The van der Waals surface area contributed by atoms with E-state index < -0.39 is 0 Å². The SMILES string of the molecule is COc1cc(C(=O)Nc2nnc(CCBr)s2)cc(OC)c1OC. The Morgan fingerprint density at radius 3 is 2.35 bits per heavy atom. The molecule has 1 N–H and O–H groups in total. The van der Waals surface area contributed by atoms with Crippen LogP contribution in [-0.2, 0) is 6.42 Å². The van der Waals surface area contributed by atoms with Crippen molar-refractivity contribution in [2.75, 3.05) is 32.0 Å². The average Bonchev–Trinajstić information content (AvgIpc) is 3.00. The molecule has 2 aromatic rings. The van der Waals surface area contributed by atoms with E-state index in [2.05, 4.69) is 31.4 Å². The van der Waals surface area contributed by atoms with Crippen LogP contribution >= 0.6 is 27.3 Å². The van der Waals surface area contributed by atoms with Gasteiger partial charge in [0.2, 0.25) is 10.9 Å². The van der Waals surface area contributed by atoms with E-state index in [1.807, 2.05) is 0 Å². The monoisotopic (exact) mass is 401 g/mol. The number of carbonyl (C=O) groups excluding carboxylic acids is 1. The maximum absolute atomic E-state index is 12.4. The van der Waals surface area contributed by atoms with E-state index in [1.54, 1.807) is 12.1 Å². The fourth-order valence-corrected chi connectivity index (χ4v) is 3.24. The molecule has 0 bridgehead atoms. The molecule has 23 heavy (non-hydrogen) atoms. The maximum Gasteiger partial charge on any atom is 0.257 e. The topological polar surface area (TPSA) is 82.6 Å². The summed E-state index contributed by atoms with van der Waals surface area (Å²) in [6.07, 6.45) is 0.762. The molecule has 2 rings (SSSR count). The first-order valence-electron chi connectivity index (χ1n) is 6.62. The predicted molar refractivity (Wildman–Crippen MR) is 91.5 cm³/mol. The lowest BCUT2D eigenvalue weighted by atomic mass is 10.1. The van der Waals surface area contributed by atoms with Crippen molar-refractivity contribution < 1.29 is 19.0 Å². The molecule has 7 nitrogen and oxygen atoms in total. The van der Waals surface area contributed by atoms with Crippen LogP contribution in [0.2, 0.25) is 0 Å². The third-order valence-electron chi connectivity index (χ3n) is 2.92. The van der Waals surface area contributed by atoms with Crippen LogP contribution in [0.1, 0.15) is 15.4 Å². The second kappa shape index (κ2) is 8.11. The van der Waals surface area contributed by atoms with Crippen molar-refractivity contribution in [1.82, 2.24) is 10.2 Å². The van der Waals surface area contributed by atoms with Crippen molar-refractivity contribution in [3.8, 4) is 17.2 Å². The van der Waals surface area contributed by atoms with Gasteiger partial charge in [0, 0.05) is 17.3 Å². The predicted octanol–water partition coefficient (Wildman–Crippen LogP) is 2.75. The molecule has 9 heteroatoms. The van der Waals surface area contributed by atoms with Crippen LogP contribution in [0.3, 0.4) is 0 Å². The second-order valence-electron chi connectivity index (χ2n) is 4.31. The Bertz CT molecular complexity index is 667. The zero-order valence-corrected chi connectivity index (χ0v) is 15.3.